The van der Waals surface area contributed by atoms with Gasteiger partial charge in [0.15, 0.2) is 0 Å². The summed E-state index contributed by atoms with van der Waals surface area (Å²) in [5.41, 5.74) is 0.408. The third-order valence-corrected chi connectivity index (χ3v) is 9.45. The lowest BCUT2D eigenvalue weighted by Gasteiger charge is -2.59. The fraction of sp³-hybridized carbons (Fsp3) is 0.667. The van der Waals surface area contributed by atoms with E-state index in [1.165, 1.54) is 70.8 Å². The summed E-state index contributed by atoms with van der Waals surface area (Å²) in [5.74, 6) is 2.14. The van der Waals surface area contributed by atoms with Gasteiger partial charge in [0.1, 0.15) is 0 Å². The van der Waals surface area contributed by atoms with Crippen molar-refractivity contribution in [1.29, 1.82) is 0 Å². The molecule has 1 N–H and O–H groups in total. The van der Waals surface area contributed by atoms with Crippen molar-refractivity contribution in [2.75, 3.05) is 14.1 Å². The maximum atomic E-state index is 13.0. The standard InChI is InChI=1S/C21H29ClN2O3S/c1-13(21-10-14-6-15(11-21)8-16(7-14)12-21)23-20(25)18-9-17(4-5-19(18)22)28(26,27)24(2)3/h4-5,9,13-16H,6-8,10-12H2,1-3H3,(H,23,25)/t13-,14?,15?,16?,21?/m1/s1. The van der Waals surface area contributed by atoms with Crippen molar-refractivity contribution < 1.29 is 13.2 Å². The quantitative estimate of drug-likeness (QED) is 0.778. The van der Waals surface area contributed by atoms with Crippen LogP contribution in [-0.4, -0.2) is 38.8 Å². The van der Waals surface area contributed by atoms with Crippen LogP contribution in [0, 0.1) is 23.2 Å². The van der Waals surface area contributed by atoms with Crippen LogP contribution in [0.2, 0.25) is 5.02 Å². The Balaban J connectivity index is 1.56. The Bertz CT molecular complexity index is 862. The molecule has 4 aliphatic carbocycles. The molecule has 4 aliphatic rings. The van der Waals surface area contributed by atoms with Crippen molar-refractivity contribution in [3.8, 4) is 0 Å². The van der Waals surface area contributed by atoms with Crippen molar-refractivity contribution in [2.24, 2.45) is 23.2 Å². The first kappa shape index (κ1) is 20.2. The van der Waals surface area contributed by atoms with Crippen molar-refractivity contribution >= 4 is 27.5 Å². The first-order chi connectivity index (χ1) is 13.1. The number of hydrogen-bond acceptors (Lipinski definition) is 3. The topological polar surface area (TPSA) is 66.5 Å². The van der Waals surface area contributed by atoms with Gasteiger partial charge in [0.05, 0.1) is 15.5 Å². The van der Waals surface area contributed by atoms with Crippen molar-refractivity contribution in [3.63, 3.8) is 0 Å². The van der Waals surface area contributed by atoms with Gasteiger partial charge in [-0.3, -0.25) is 4.79 Å². The molecule has 5 nitrogen and oxygen atoms in total. The van der Waals surface area contributed by atoms with E-state index in [1.54, 1.807) is 0 Å². The van der Waals surface area contributed by atoms with Gasteiger partial charge in [0.2, 0.25) is 10.0 Å². The summed E-state index contributed by atoms with van der Waals surface area (Å²) in [6.45, 7) is 2.11. The first-order valence-electron chi connectivity index (χ1n) is 10.1. The van der Waals surface area contributed by atoms with E-state index in [1.807, 2.05) is 0 Å². The average Bonchev–Trinajstić information content (AvgIpc) is 2.60. The second kappa shape index (κ2) is 6.99. The normalized spacial score (nSPS) is 32.5. The highest BCUT2D eigenvalue weighted by molar-refractivity contribution is 7.89. The Labute approximate surface area is 172 Å². The summed E-state index contributed by atoms with van der Waals surface area (Å²) in [7, 11) is -0.678. The molecule has 154 valence electrons. The van der Waals surface area contributed by atoms with Crippen LogP contribution in [0.1, 0.15) is 55.8 Å². The van der Waals surface area contributed by atoms with E-state index in [0.29, 0.717) is 0 Å². The zero-order valence-corrected chi connectivity index (χ0v) is 18.3. The molecule has 1 aromatic rings. The lowest BCUT2D eigenvalue weighted by atomic mass is 9.48. The van der Waals surface area contributed by atoms with E-state index < -0.39 is 10.0 Å². The van der Waals surface area contributed by atoms with Gasteiger partial charge in [-0.25, -0.2) is 12.7 Å². The lowest BCUT2D eigenvalue weighted by Crippen LogP contribution is -2.55. The molecule has 0 saturated heterocycles. The smallest absolute Gasteiger partial charge is 0.253 e. The summed E-state index contributed by atoms with van der Waals surface area (Å²) >= 11 is 6.25. The molecule has 4 fully saturated rings. The molecule has 0 heterocycles. The summed E-state index contributed by atoms with van der Waals surface area (Å²) in [6.07, 6.45) is 7.66. The highest BCUT2D eigenvalue weighted by Crippen LogP contribution is 2.61. The van der Waals surface area contributed by atoms with Crippen LogP contribution in [0.15, 0.2) is 23.1 Å². The molecule has 4 bridgehead atoms. The molecular weight excluding hydrogens is 396 g/mol. The van der Waals surface area contributed by atoms with Gasteiger partial charge < -0.3 is 5.32 Å². The number of hydrogen-bond donors (Lipinski definition) is 1. The molecule has 1 amide bonds. The van der Waals surface area contributed by atoms with Gasteiger partial charge in [0.25, 0.3) is 5.91 Å². The number of amides is 1. The van der Waals surface area contributed by atoms with Crippen molar-refractivity contribution in [1.82, 2.24) is 9.62 Å². The predicted molar refractivity (Wildman–Crippen MR) is 110 cm³/mol. The van der Waals surface area contributed by atoms with Crippen LogP contribution in [0.3, 0.4) is 0 Å². The molecule has 7 heteroatoms. The Morgan fingerprint density at radius 2 is 1.68 bits per heavy atom. The second-order valence-electron chi connectivity index (χ2n) is 9.40. The average molecular weight is 425 g/mol. The number of halogens is 1. The zero-order valence-electron chi connectivity index (χ0n) is 16.7. The van der Waals surface area contributed by atoms with Crippen molar-refractivity contribution in [3.05, 3.63) is 28.8 Å². The molecule has 5 rings (SSSR count). The van der Waals surface area contributed by atoms with Gasteiger partial charge in [-0.05, 0) is 86.8 Å². The molecule has 1 atom stereocenters. The molecule has 0 aromatic heterocycles. The number of carbonyl (C=O) groups excluding carboxylic acids is 1. The third-order valence-electron chi connectivity index (χ3n) is 7.31. The SMILES string of the molecule is C[C@@H](NC(=O)c1cc(S(=O)(=O)N(C)C)ccc1Cl)C12CC3CC(CC(C3)C1)C2. The summed E-state index contributed by atoms with van der Waals surface area (Å²) < 4.78 is 26.0. The van der Waals surface area contributed by atoms with Crippen LogP contribution in [0.25, 0.3) is 0 Å². The van der Waals surface area contributed by atoms with Gasteiger partial charge >= 0.3 is 0 Å². The molecule has 0 spiro atoms. The largest absolute Gasteiger partial charge is 0.349 e. The number of nitrogens with one attached hydrogen (secondary N) is 1. The monoisotopic (exact) mass is 424 g/mol. The number of nitrogens with zero attached hydrogens (tertiary/aromatic N) is 1. The lowest BCUT2D eigenvalue weighted by molar-refractivity contribution is -0.0688. The van der Waals surface area contributed by atoms with Crippen molar-refractivity contribution in [2.45, 2.75) is 56.4 Å². The minimum Gasteiger partial charge on any atom is -0.349 e. The van der Waals surface area contributed by atoms with Crippen LogP contribution in [-0.2, 0) is 10.0 Å². The Morgan fingerprint density at radius 1 is 1.14 bits per heavy atom. The van der Waals surface area contributed by atoms with E-state index in [9.17, 15) is 13.2 Å². The minimum absolute atomic E-state index is 0.0542. The minimum atomic E-state index is -3.62. The van der Waals surface area contributed by atoms with Gasteiger partial charge in [-0.15, -0.1) is 0 Å². The van der Waals surface area contributed by atoms with E-state index in [-0.39, 0.29) is 32.8 Å². The highest BCUT2D eigenvalue weighted by atomic mass is 35.5. The Kier molecular flexibility index (Phi) is 5.04. The maximum absolute atomic E-state index is 13.0. The maximum Gasteiger partial charge on any atom is 0.253 e. The fourth-order valence-corrected chi connectivity index (χ4v) is 7.32. The molecule has 0 unspecified atom stereocenters. The number of carbonyl (C=O) groups is 1. The van der Waals surface area contributed by atoms with E-state index in [4.69, 9.17) is 11.6 Å². The van der Waals surface area contributed by atoms with E-state index in [2.05, 4.69) is 12.2 Å². The predicted octanol–water partition coefficient (Wildman–Crippen LogP) is 3.93. The Morgan fingerprint density at radius 3 is 2.18 bits per heavy atom. The van der Waals surface area contributed by atoms with E-state index in [0.717, 1.165) is 22.1 Å². The summed E-state index contributed by atoms with van der Waals surface area (Å²) in [4.78, 5) is 13.1. The molecule has 0 radical (unpaired) electrons. The number of benzene rings is 1. The number of rotatable bonds is 5. The van der Waals surface area contributed by atoms with Crippen LogP contribution in [0.4, 0.5) is 0 Å². The second-order valence-corrected chi connectivity index (χ2v) is 12.0. The van der Waals surface area contributed by atoms with Gasteiger partial charge in [-0.1, -0.05) is 11.6 Å². The Hall–Kier alpha value is -1.11. The molecule has 28 heavy (non-hydrogen) atoms. The first-order valence-corrected chi connectivity index (χ1v) is 12.0. The zero-order chi connectivity index (χ0) is 20.3. The highest BCUT2D eigenvalue weighted by Gasteiger charge is 2.53. The third kappa shape index (κ3) is 3.37. The molecule has 4 saturated carbocycles. The van der Waals surface area contributed by atoms with Gasteiger partial charge in [-0.2, -0.15) is 0 Å². The summed E-state index contributed by atoms with van der Waals surface area (Å²) in [5, 5.41) is 3.44. The van der Waals surface area contributed by atoms with E-state index >= 15 is 0 Å². The van der Waals surface area contributed by atoms with Crippen LogP contribution >= 0.6 is 11.6 Å². The number of sulfonamides is 1. The van der Waals surface area contributed by atoms with Gasteiger partial charge in [0, 0.05) is 20.1 Å². The van der Waals surface area contributed by atoms with Crippen LogP contribution in [0.5, 0.6) is 0 Å². The molecular formula is C21H29ClN2O3S. The summed E-state index contributed by atoms with van der Waals surface area (Å²) in [6, 6.07) is 4.37. The molecule has 0 aliphatic heterocycles. The molecule has 1 aromatic carbocycles. The fourth-order valence-electron chi connectivity index (χ4n) is 6.19. The van der Waals surface area contributed by atoms with Crippen LogP contribution < -0.4 is 5.32 Å².